The molecule has 0 spiro atoms. The zero-order valence-electron chi connectivity index (χ0n) is 23.8. The van der Waals surface area contributed by atoms with Gasteiger partial charge in [0.15, 0.2) is 0 Å². The van der Waals surface area contributed by atoms with Crippen molar-refractivity contribution < 1.29 is 18.3 Å². The highest BCUT2D eigenvalue weighted by atomic mass is 19.1. The van der Waals surface area contributed by atoms with Crippen LogP contribution in [0.2, 0.25) is 0 Å². The molecule has 41 heavy (non-hydrogen) atoms. The molecule has 0 unspecified atom stereocenters. The van der Waals surface area contributed by atoms with Crippen LogP contribution in [-0.4, -0.2) is 45.9 Å². The summed E-state index contributed by atoms with van der Waals surface area (Å²) in [7, 11) is 3.33. The third kappa shape index (κ3) is 5.04. The molecule has 216 valence electrons. The van der Waals surface area contributed by atoms with Gasteiger partial charge >= 0.3 is 0 Å². The van der Waals surface area contributed by atoms with Crippen LogP contribution in [0.15, 0.2) is 48.9 Å². The highest BCUT2D eigenvalue weighted by Crippen LogP contribution is 2.43. The number of halogens is 2. The zero-order chi connectivity index (χ0) is 28.7. The van der Waals surface area contributed by atoms with Crippen LogP contribution in [0.3, 0.4) is 0 Å². The number of pyridine rings is 1. The van der Waals surface area contributed by atoms with E-state index in [0.717, 1.165) is 49.6 Å². The molecule has 0 amide bonds. The molecule has 7 nitrogen and oxygen atoms in total. The van der Waals surface area contributed by atoms with E-state index in [1.165, 1.54) is 17.7 Å². The Labute approximate surface area is 239 Å². The summed E-state index contributed by atoms with van der Waals surface area (Å²) in [5.41, 5.74) is 9.42. The summed E-state index contributed by atoms with van der Waals surface area (Å²) < 4.78 is 44.1. The highest BCUT2D eigenvalue weighted by Gasteiger charge is 2.37. The Morgan fingerprint density at radius 3 is 2.49 bits per heavy atom. The van der Waals surface area contributed by atoms with E-state index >= 15 is 8.78 Å². The second-order valence-electron chi connectivity index (χ2n) is 11.7. The van der Waals surface area contributed by atoms with E-state index in [4.69, 9.17) is 15.2 Å². The van der Waals surface area contributed by atoms with E-state index in [0.29, 0.717) is 23.7 Å². The van der Waals surface area contributed by atoms with Gasteiger partial charge in [-0.1, -0.05) is 19.8 Å². The minimum absolute atomic E-state index is 0.0449. The molecule has 2 N–H and O–H groups in total. The Balaban J connectivity index is 1.32. The number of methoxy groups -OCH3 is 2. The molecule has 2 aliphatic rings. The lowest BCUT2D eigenvalue weighted by molar-refractivity contribution is -0.00914. The van der Waals surface area contributed by atoms with Crippen LogP contribution in [0.4, 0.5) is 8.78 Å². The first-order valence-electron chi connectivity index (χ1n) is 14.4. The van der Waals surface area contributed by atoms with Crippen LogP contribution >= 0.6 is 0 Å². The van der Waals surface area contributed by atoms with E-state index in [9.17, 15) is 0 Å². The van der Waals surface area contributed by atoms with Gasteiger partial charge in [-0.15, -0.1) is 0 Å². The largest absolute Gasteiger partial charge is 0.380 e. The molecule has 4 aromatic rings. The summed E-state index contributed by atoms with van der Waals surface area (Å²) in [5, 5.41) is 4.66. The first-order valence-corrected chi connectivity index (χ1v) is 14.4. The average molecular weight is 562 g/mol. The first kappa shape index (κ1) is 27.9. The molecule has 3 aromatic heterocycles. The molecule has 2 fully saturated rings. The number of ether oxygens (including phenoxy) is 2. The maximum Gasteiger partial charge on any atom is 0.136 e. The Morgan fingerprint density at radius 1 is 1.05 bits per heavy atom. The molecule has 0 aliphatic heterocycles. The van der Waals surface area contributed by atoms with Gasteiger partial charge in [0.1, 0.15) is 17.5 Å². The van der Waals surface area contributed by atoms with Gasteiger partial charge < -0.3 is 15.2 Å². The number of rotatable bonds is 7. The van der Waals surface area contributed by atoms with Gasteiger partial charge in [0.05, 0.1) is 34.7 Å². The Hall–Kier alpha value is -3.27. The Morgan fingerprint density at radius 2 is 1.80 bits per heavy atom. The van der Waals surface area contributed by atoms with Crippen molar-refractivity contribution in [2.45, 2.75) is 75.5 Å². The maximum absolute atomic E-state index is 15.5. The van der Waals surface area contributed by atoms with Gasteiger partial charge in [-0.2, -0.15) is 5.10 Å². The number of imidazole rings is 1. The lowest BCUT2D eigenvalue weighted by Gasteiger charge is -2.38. The monoisotopic (exact) mass is 561 g/mol. The number of hydrogen-bond acceptors (Lipinski definition) is 6. The van der Waals surface area contributed by atoms with Gasteiger partial charge in [-0.05, 0) is 84.5 Å². The smallest absolute Gasteiger partial charge is 0.136 e. The third-order valence-corrected chi connectivity index (χ3v) is 9.28. The van der Waals surface area contributed by atoms with Gasteiger partial charge in [0.2, 0.25) is 0 Å². The minimum Gasteiger partial charge on any atom is -0.380 e. The van der Waals surface area contributed by atoms with E-state index in [-0.39, 0.29) is 29.3 Å². The molecule has 3 heterocycles. The summed E-state index contributed by atoms with van der Waals surface area (Å²) in [5.74, 6) is -0.0289. The molecular formula is C32H37F2N5O2. The quantitative estimate of drug-likeness (QED) is 0.301. The molecule has 0 saturated heterocycles. The molecular weight excluding hydrogens is 524 g/mol. The van der Waals surface area contributed by atoms with Crippen molar-refractivity contribution in [3.8, 4) is 11.3 Å². The van der Waals surface area contributed by atoms with Gasteiger partial charge in [-0.3, -0.25) is 4.98 Å². The van der Waals surface area contributed by atoms with Crippen molar-refractivity contribution in [3.05, 3.63) is 83.1 Å². The van der Waals surface area contributed by atoms with Crippen molar-refractivity contribution in [1.82, 2.24) is 19.6 Å². The molecule has 6 rings (SSSR count). The van der Waals surface area contributed by atoms with E-state index in [1.54, 1.807) is 37.1 Å². The molecule has 0 radical (unpaired) electrons. The number of hydrogen-bond donors (Lipinski definition) is 1. The van der Waals surface area contributed by atoms with Crippen molar-refractivity contribution in [2.75, 3.05) is 14.2 Å². The fourth-order valence-corrected chi connectivity index (χ4v) is 7.20. The van der Waals surface area contributed by atoms with Crippen molar-refractivity contribution in [2.24, 2.45) is 11.7 Å². The van der Waals surface area contributed by atoms with Gasteiger partial charge in [0.25, 0.3) is 0 Å². The van der Waals surface area contributed by atoms with Crippen LogP contribution in [0.5, 0.6) is 0 Å². The van der Waals surface area contributed by atoms with Crippen LogP contribution in [0.25, 0.3) is 16.8 Å². The van der Waals surface area contributed by atoms with Crippen molar-refractivity contribution in [3.63, 3.8) is 0 Å². The number of nitrogens with zero attached hydrogens (tertiary/aromatic N) is 4. The van der Waals surface area contributed by atoms with Crippen LogP contribution in [0, 0.1) is 17.6 Å². The number of benzene rings is 1. The first-order chi connectivity index (χ1) is 19.8. The standard InChI is InChI=1S/C32H37F2N5O2/c1-19-12-20(13-27(35)31(19)40-2)24-8-11-36-17-21(24)14-29-37-18-23-6-7-28(38-39(23)29)30-25(33)15-22(16-26(30)34)32(41-3)9-4-5-10-32/h6-8,11,15-20,27,31H,4-5,9-10,12-14,35H2,1-3H3/t19-,20+,27+,31-/m0/s1. The molecule has 2 saturated carbocycles. The van der Waals surface area contributed by atoms with Crippen LogP contribution < -0.4 is 5.73 Å². The highest BCUT2D eigenvalue weighted by molar-refractivity contribution is 5.63. The molecule has 0 bridgehead atoms. The minimum atomic E-state index is -0.650. The SMILES string of the molecule is CO[C@@H]1[C@H](N)C[C@H](c2ccncc2Cc2ncc3ccc(-c4c(F)cc(C5(OC)CCCC5)cc4F)nn23)C[C@@H]1C. The summed E-state index contributed by atoms with van der Waals surface area (Å²) in [6, 6.07) is 8.24. The van der Waals surface area contributed by atoms with Crippen LogP contribution in [-0.2, 0) is 21.5 Å². The molecule has 1 aromatic carbocycles. The number of aromatic nitrogens is 4. The lowest BCUT2D eigenvalue weighted by Crippen LogP contribution is -2.45. The summed E-state index contributed by atoms with van der Waals surface area (Å²) >= 11 is 0. The van der Waals surface area contributed by atoms with Gasteiger partial charge in [0, 0.05) is 39.1 Å². The maximum atomic E-state index is 15.5. The van der Waals surface area contributed by atoms with E-state index in [2.05, 4.69) is 28.1 Å². The van der Waals surface area contributed by atoms with Crippen molar-refractivity contribution in [1.29, 1.82) is 0 Å². The van der Waals surface area contributed by atoms with Crippen molar-refractivity contribution >= 4 is 5.52 Å². The summed E-state index contributed by atoms with van der Waals surface area (Å²) in [6.07, 6.45) is 11.2. The second kappa shape index (κ2) is 11.2. The normalized spacial score (nSPS) is 24.2. The summed E-state index contributed by atoms with van der Waals surface area (Å²) in [6.45, 7) is 2.18. The number of fused-ring (bicyclic) bond motifs is 1. The van der Waals surface area contributed by atoms with E-state index in [1.807, 2.05) is 12.4 Å². The fourth-order valence-electron chi connectivity index (χ4n) is 7.20. The predicted molar refractivity (Wildman–Crippen MR) is 152 cm³/mol. The van der Waals surface area contributed by atoms with Gasteiger partial charge in [-0.25, -0.2) is 18.3 Å². The Kier molecular flexibility index (Phi) is 7.61. The Bertz CT molecular complexity index is 1520. The average Bonchev–Trinajstić information content (AvgIpc) is 3.61. The number of nitrogens with two attached hydrogens (primary N) is 1. The predicted octanol–water partition coefficient (Wildman–Crippen LogP) is 5.93. The zero-order valence-corrected chi connectivity index (χ0v) is 23.8. The van der Waals surface area contributed by atoms with E-state index < -0.39 is 17.2 Å². The lowest BCUT2D eigenvalue weighted by atomic mass is 9.74. The third-order valence-electron chi connectivity index (χ3n) is 9.28. The molecule has 4 atom stereocenters. The fraction of sp³-hybridized carbons (Fsp3) is 0.469. The molecule has 2 aliphatic carbocycles. The topological polar surface area (TPSA) is 87.6 Å². The second-order valence-corrected chi connectivity index (χ2v) is 11.7. The summed E-state index contributed by atoms with van der Waals surface area (Å²) in [4.78, 5) is 9.01. The molecule has 9 heteroatoms. The van der Waals surface area contributed by atoms with Crippen LogP contribution in [0.1, 0.15) is 73.9 Å².